The van der Waals surface area contributed by atoms with Gasteiger partial charge in [0, 0.05) is 23.2 Å². The molecule has 0 unspecified atom stereocenters. The van der Waals surface area contributed by atoms with Crippen molar-refractivity contribution in [2.24, 2.45) is 0 Å². The van der Waals surface area contributed by atoms with Crippen LogP contribution in [0.2, 0.25) is 0 Å². The number of carboxylic acid groups (broad SMARTS) is 1. The predicted octanol–water partition coefficient (Wildman–Crippen LogP) is 3.57. The molecule has 0 saturated carbocycles. The lowest BCUT2D eigenvalue weighted by molar-refractivity contribution is 0.0698. The fourth-order valence-electron chi connectivity index (χ4n) is 2.87. The Balaban J connectivity index is 2.99. The summed E-state index contributed by atoms with van der Waals surface area (Å²) in [6, 6.07) is 3.57. The maximum Gasteiger partial charge on any atom is 0.337 e. The van der Waals surface area contributed by atoms with Gasteiger partial charge in [0.25, 0.3) is 0 Å². The summed E-state index contributed by atoms with van der Waals surface area (Å²) >= 11 is 0. The molecule has 0 atom stereocenters. The molecule has 1 N–H and O–H groups in total. The normalized spacial score (nSPS) is 11.0. The van der Waals surface area contributed by atoms with Gasteiger partial charge in [0.2, 0.25) is 0 Å². The number of carboxylic acids is 1. The first-order valence-corrected chi connectivity index (χ1v) is 6.76. The zero-order valence-electron chi connectivity index (χ0n) is 12.3. The average molecular weight is 273 g/mol. The van der Waals surface area contributed by atoms with Crippen LogP contribution in [0.3, 0.4) is 0 Å². The second-order valence-corrected chi connectivity index (χ2v) is 5.18. The molecule has 4 nitrogen and oxygen atoms in total. The number of benzene rings is 1. The van der Waals surface area contributed by atoms with Crippen molar-refractivity contribution >= 4 is 22.7 Å². The Kier molecular flexibility index (Phi) is 3.66. The standard InChI is InChI=1S/C16H19NO3/c1-5-6-17-10(3)14(11(4)18)12-7-9(2)8-13(15(12)17)16(19)20/h7-8H,5-6H2,1-4H3,(H,19,20). The molecular formula is C16H19NO3. The number of hydrogen-bond donors (Lipinski definition) is 1. The molecule has 0 spiro atoms. The average Bonchev–Trinajstić information content (AvgIpc) is 2.61. The predicted molar refractivity (Wildman–Crippen MR) is 78.7 cm³/mol. The highest BCUT2D eigenvalue weighted by atomic mass is 16.4. The second-order valence-electron chi connectivity index (χ2n) is 5.18. The van der Waals surface area contributed by atoms with E-state index in [1.54, 1.807) is 6.07 Å². The van der Waals surface area contributed by atoms with Gasteiger partial charge in [-0.1, -0.05) is 6.92 Å². The fourth-order valence-corrected chi connectivity index (χ4v) is 2.87. The number of carbonyl (C=O) groups excluding carboxylic acids is 1. The first-order valence-electron chi connectivity index (χ1n) is 6.76. The highest BCUT2D eigenvalue weighted by molar-refractivity contribution is 6.13. The van der Waals surface area contributed by atoms with Gasteiger partial charge in [-0.3, -0.25) is 4.79 Å². The van der Waals surface area contributed by atoms with E-state index >= 15 is 0 Å². The summed E-state index contributed by atoms with van der Waals surface area (Å²) in [7, 11) is 0. The first kappa shape index (κ1) is 14.3. The summed E-state index contributed by atoms with van der Waals surface area (Å²) in [4.78, 5) is 23.4. The summed E-state index contributed by atoms with van der Waals surface area (Å²) in [6.45, 7) is 8.00. The van der Waals surface area contributed by atoms with Crippen LogP contribution in [-0.4, -0.2) is 21.4 Å². The van der Waals surface area contributed by atoms with Crippen molar-refractivity contribution in [2.75, 3.05) is 0 Å². The van der Waals surface area contributed by atoms with Crippen LogP contribution in [0.4, 0.5) is 0 Å². The molecule has 20 heavy (non-hydrogen) atoms. The number of aromatic nitrogens is 1. The number of fused-ring (bicyclic) bond motifs is 1. The first-order chi connectivity index (χ1) is 9.38. The van der Waals surface area contributed by atoms with Gasteiger partial charge < -0.3 is 9.67 Å². The molecular weight excluding hydrogens is 254 g/mol. The molecule has 0 fully saturated rings. The highest BCUT2D eigenvalue weighted by Gasteiger charge is 2.22. The van der Waals surface area contributed by atoms with Gasteiger partial charge in [-0.05, 0) is 44.9 Å². The molecule has 0 bridgehead atoms. The number of aryl methyl sites for hydroxylation is 2. The van der Waals surface area contributed by atoms with Crippen LogP contribution in [0.15, 0.2) is 12.1 Å². The monoisotopic (exact) mass is 273 g/mol. The maximum atomic E-state index is 11.9. The minimum atomic E-state index is -0.955. The molecule has 2 rings (SSSR count). The van der Waals surface area contributed by atoms with Gasteiger partial charge in [0.1, 0.15) is 0 Å². The van der Waals surface area contributed by atoms with E-state index in [2.05, 4.69) is 0 Å². The topological polar surface area (TPSA) is 59.3 Å². The number of rotatable bonds is 4. The van der Waals surface area contributed by atoms with E-state index in [0.717, 1.165) is 23.1 Å². The molecule has 1 aromatic carbocycles. The van der Waals surface area contributed by atoms with Gasteiger partial charge in [-0.15, -0.1) is 0 Å². The third-order valence-electron chi connectivity index (χ3n) is 3.59. The zero-order chi connectivity index (χ0) is 15.0. The quantitative estimate of drug-likeness (QED) is 0.866. The molecule has 0 aliphatic carbocycles. The summed E-state index contributed by atoms with van der Waals surface area (Å²) in [5, 5.41) is 10.2. The number of ketones is 1. The van der Waals surface area contributed by atoms with E-state index in [9.17, 15) is 14.7 Å². The Morgan fingerprint density at radius 2 is 1.90 bits per heavy atom. The van der Waals surface area contributed by atoms with Gasteiger partial charge in [0.15, 0.2) is 5.78 Å². The largest absolute Gasteiger partial charge is 0.478 e. The number of aromatic carboxylic acids is 1. The lowest BCUT2D eigenvalue weighted by Crippen LogP contribution is -2.05. The molecule has 2 aromatic rings. The number of Topliss-reactive ketones (excluding diaryl/α,β-unsaturated/α-hetero) is 1. The Bertz CT molecular complexity index is 710. The van der Waals surface area contributed by atoms with Crippen molar-refractivity contribution in [3.8, 4) is 0 Å². The molecule has 1 aromatic heterocycles. The molecule has 0 saturated heterocycles. The smallest absolute Gasteiger partial charge is 0.337 e. The Morgan fingerprint density at radius 1 is 1.25 bits per heavy atom. The summed E-state index contributed by atoms with van der Waals surface area (Å²) < 4.78 is 1.95. The van der Waals surface area contributed by atoms with E-state index in [4.69, 9.17) is 0 Å². The van der Waals surface area contributed by atoms with Crippen molar-refractivity contribution in [3.63, 3.8) is 0 Å². The minimum absolute atomic E-state index is 0.0238. The number of carbonyl (C=O) groups is 2. The zero-order valence-corrected chi connectivity index (χ0v) is 12.3. The van der Waals surface area contributed by atoms with E-state index in [1.807, 2.05) is 31.4 Å². The van der Waals surface area contributed by atoms with Crippen LogP contribution in [0.1, 0.15) is 52.2 Å². The van der Waals surface area contributed by atoms with Crippen LogP contribution in [0.25, 0.3) is 10.9 Å². The molecule has 0 aliphatic rings. The fraction of sp³-hybridized carbons (Fsp3) is 0.375. The van der Waals surface area contributed by atoms with E-state index in [1.165, 1.54) is 6.92 Å². The van der Waals surface area contributed by atoms with Gasteiger partial charge in [-0.25, -0.2) is 4.79 Å². The lowest BCUT2D eigenvalue weighted by atomic mass is 10.0. The summed E-state index contributed by atoms with van der Waals surface area (Å²) in [5.41, 5.74) is 3.27. The van der Waals surface area contributed by atoms with Gasteiger partial charge >= 0.3 is 5.97 Å². The number of nitrogens with zero attached hydrogens (tertiary/aromatic N) is 1. The van der Waals surface area contributed by atoms with E-state index in [-0.39, 0.29) is 11.3 Å². The van der Waals surface area contributed by atoms with Crippen LogP contribution in [0, 0.1) is 13.8 Å². The third kappa shape index (κ3) is 2.11. The molecule has 0 radical (unpaired) electrons. The number of hydrogen-bond acceptors (Lipinski definition) is 2. The highest BCUT2D eigenvalue weighted by Crippen LogP contribution is 2.30. The van der Waals surface area contributed by atoms with Crippen molar-refractivity contribution in [3.05, 3.63) is 34.5 Å². The van der Waals surface area contributed by atoms with Crippen LogP contribution < -0.4 is 0 Å². The van der Waals surface area contributed by atoms with Crippen LogP contribution in [-0.2, 0) is 6.54 Å². The van der Waals surface area contributed by atoms with Crippen LogP contribution in [0.5, 0.6) is 0 Å². The van der Waals surface area contributed by atoms with Gasteiger partial charge in [0.05, 0.1) is 11.1 Å². The Morgan fingerprint density at radius 3 is 2.40 bits per heavy atom. The maximum absolute atomic E-state index is 11.9. The van der Waals surface area contributed by atoms with Crippen molar-refractivity contribution in [1.29, 1.82) is 0 Å². The lowest BCUT2D eigenvalue weighted by Gasteiger charge is -2.09. The molecule has 0 aliphatic heterocycles. The van der Waals surface area contributed by atoms with E-state index < -0.39 is 5.97 Å². The van der Waals surface area contributed by atoms with Crippen molar-refractivity contribution < 1.29 is 14.7 Å². The molecule has 1 heterocycles. The van der Waals surface area contributed by atoms with Crippen molar-refractivity contribution in [2.45, 2.75) is 40.7 Å². The summed E-state index contributed by atoms with van der Waals surface area (Å²) in [5.74, 6) is -0.979. The molecule has 0 amide bonds. The Hall–Kier alpha value is -2.10. The second kappa shape index (κ2) is 5.12. The van der Waals surface area contributed by atoms with Crippen LogP contribution >= 0.6 is 0 Å². The third-order valence-corrected chi connectivity index (χ3v) is 3.59. The van der Waals surface area contributed by atoms with Crippen molar-refractivity contribution in [1.82, 2.24) is 4.57 Å². The minimum Gasteiger partial charge on any atom is -0.478 e. The summed E-state index contributed by atoms with van der Waals surface area (Å²) in [6.07, 6.45) is 0.884. The Labute approximate surface area is 118 Å². The molecule has 4 heteroatoms. The van der Waals surface area contributed by atoms with Gasteiger partial charge in [-0.2, -0.15) is 0 Å². The molecule has 106 valence electrons. The van der Waals surface area contributed by atoms with E-state index in [0.29, 0.717) is 17.6 Å². The SMILES string of the molecule is CCCn1c(C)c(C(C)=O)c2cc(C)cc(C(=O)O)c21.